The number of halogens is 1. The second-order valence-corrected chi connectivity index (χ2v) is 6.48. The molecule has 10 heteroatoms. The molecule has 2 rings (SSSR count). The van der Waals surface area contributed by atoms with Gasteiger partial charge in [-0.25, -0.2) is 15.1 Å². The average Bonchev–Trinajstić information content (AvgIpc) is 3.15. The number of aliphatic imine (C=N–C) groups is 1. The van der Waals surface area contributed by atoms with E-state index in [1.807, 2.05) is 4.90 Å². The van der Waals surface area contributed by atoms with Crippen LogP contribution in [0.1, 0.15) is 17.7 Å². The highest BCUT2D eigenvalue weighted by molar-refractivity contribution is 7.15. The van der Waals surface area contributed by atoms with Crippen LogP contribution < -0.4 is 0 Å². The van der Waals surface area contributed by atoms with Gasteiger partial charge in [-0.1, -0.05) is 11.6 Å². The second-order valence-electron chi connectivity index (χ2n) is 4.78. The van der Waals surface area contributed by atoms with E-state index in [1.54, 1.807) is 25.2 Å². The number of nitro groups is 1. The molecular formula is C11H15ClN6O2S. The first-order valence-electron chi connectivity index (χ1n) is 6.26. The van der Waals surface area contributed by atoms with Gasteiger partial charge in [0.2, 0.25) is 0 Å². The van der Waals surface area contributed by atoms with Crippen LogP contribution in [0.25, 0.3) is 0 Å². The van der Waals surface area contributed by atoms with E-state index in [9.17, 15) is 10.1 Å². The first-order valence-corrected chi connectivity index (χ1v) is 7.45. The standard InChI is InChI=1S/C11H15ClN6O2S/c1-16(2)7-14-11(15-18(19)20)17(8-3-4-8)6-9-5-13-10(12)21-9/h5,7-8H,3-4,6H2,1-2H3/b14-7+,15-11+. The summed E-state index contributed by atoms with van der Waals surface area (Å²) in [7, 11) is 3.58. The molecule has 1 aliphatic rings. The van der Waals surface area contributed by atoms with Crippen LogP contribution in [-0.4, -0.2) is 52.3 Å². The molecule has 0 radical (unpaired) electrons. The van der Waals surface area contributed by atoms with Gasteiger partial charge >= 0.3 is 0 Å². The maximum Gasteiger partial charge on any atom is 0.299 e. The minimum Gasteiger partial charge on any atom is -0.369 e. The van der Waals surface area contributed by atoms with Gasteiger partial charge in [0.05, 0.1) is 12.9 Å². The van der Waals surface area contributed by atoms with Crippen molar-refractivity contribution in [3.63, 3.8) is 0 Å². The van der Waals surface area contributed by atoms with Crippen molar-refractivity contribution in [1.29, 1.82) is 0 Å². The Balaban J connectivity index is 2.21. The summed E-state index contributed by atoms with van der Waals surface area (Å²) >= 11 is 7.17. The highest BCUT2D eigenvalue weighted by atomic mass is 35.5. The van der Waals surface area contributed by atoms with Crippen molar-refractivity contribution in [2.75, 3.05) is 14.1 Å². The molecule has 1 aliphatic carbocycles. The first kappa shape index (κ1) is 15.6. The number of guanidine groups is 1. The molecule has 21 heavy (non-hydrogen) atoms. The lowest BCUT2D eigenvalue weighted by molar-refractivity contribution is -0.485. The van der Waals surface area contributed by atoms with Crippen LogP contribution in [0.15, 0.2) is 16.3 Å². The van der Waals surface area contributed by atoms with Crippen LogP contribution in [-0.2, 0) is 6.54 Å². The van der Waals surface area contributed by atoms with Crippen LogP contribution in [0.4, 0.5) is 0 Å². The number of hydrogen-bond acceptors (Lipinski definition) is 4. The van der Waals surface area contributed by atoms with Crippen LogP contribution in [0, 0.1) is 10.1 Å². The van der Waals surface area contributed by atoms with E-state index in [0.29, 0.717) is 11.0 Å². The van der Waals surface area contributed by atoms with Crippen molar-refractivity contribution in [3.05, 3.63) is 25.7 Å². The van der Waals surface area contributed by atoms with Gasteiger partial charge in [0.25, 0.3) is 5.96 Å². The molecule has 1 fully saturated rings. The molecule has 8 nitrogen and oxygen atoms in total. The quantitative estimate of drug-likeness (QED) is 0.356. The third kappa shape index (κ3) is 4.94. The average molecular weight is 331 g/mol. The summed E-state index contributed by atoms with van der Waals surface area (Å²) < 4.78 is 0.449. The maximum atomic E-state index is 10.7. The Hall–Kier alpha value is -1.74. The fourth-order valence-electron chi connectivity index (χ4n) is 1.67. The maximum absolute atomic E-state index is 10.7. The smallest absolute Gasteiger partial charge is 0.299 e. The summed E-state index contributed by atoms with van der Waals surface area (Å²) in [6.45, 7) is 0.465. The Morgan fingerprint density at radius 2 is 2.38 bits per heavy atom. The molecule has 1 heterocycles. The molecule has 1 saturated carbocycles. The minimum absolute atomic E-state index is 0.0979. The van der Waals surface area contributed by atoms with E-state index in [1.165, 1.54) is 17.7 Å². The van der Waals surface area contributed by atoms with E-state index in [0.717, 1.165) is 17.7 Å². The molecular weight excluding hydrogens is 316 g/mol. The number of hydrogen-bond donors (Lipinski definition) is 0. The molecule has 0 aromatic carbocycles. The number of hydrazone groups is 1. The number of rotatable bonds is 5. The molecule has 0 amide bonds. The van der Waals surface area contributed by atoms with Gasteiger partial charge in [0.1, 0.15) is 5.10 Å². The molecule has 1 aromatic rings. The fourth-order valence-corrected chi connectivity index (χ4v) is 2.65. The van der Waals surface area contributed by atoms with E-state index >= 15 is 0 Å². The largest absolute Gasteiger partial charge is 0.369 e. The van der Waals surface area contributed by atoms with E-state index in [4.69, 9.17) is 11.6 Å². The van der Waals surface area contributed by atoms with Crippen molar-refractivity contribution in [2.45, 2.75) is 25.4 Å². The van der Waals surface area contributed by atoms with E-state index in [-0.39, 0.29) is 12.0 Å². The normalized spacial score (nSPS) is 15.5. The Morgan fingerprint density at radius 3 is 2.86 bits per heavy atom. The van der Waals surface area contributed by atoms with Gasteiger partial charge in [-0.15, -0.1) is 11.3 Å². The molecule has 0 aliphatic heterocycles. The molecule has 114 valence electrons. The molecule has 0 N–H and O–H groups in total. The number of aromatic nitrogens is 1. The minimum atomic E-state index is -0.725. The lowest BCUT2D eigenvalue weighted by Gasteiger charge is -2.20. The van der Waals surface area contributed by atoms with Gasteiger partial charge in [-0.2, -0.15) is 4.99 Å². The molecule has 1 aromatic heterocycles. The predicted octanol–water partition coefficient (Wildman–Crippen LogP) is 1.90. The van der Waals surface area contributed by atoms with Crippen molar-refractivity contribution < 1.29 is 5.03 Å². The summed E-state index contributed by atoms with van der Waals surface area (Å²) in [4.78, 5) is 23.3. The van der Waals surface area contributed by atoms with Gasteiger partial charge in [-0.05, 0) is 12.8 Å². The predicted molar refractivity (Wildman–Crippen MR) is 82.3 cm³/mol. The summed E-state index contributed by atoms with van der Waals surface area (Å²) in [5.41, 5.74) is 0. The van der Waals surface area contributed by atoms with Crippen molar-refractivity contribution in [1.82, 2.24) is 14.8 Å². The lowest BCUT2D eigenvalue weighted by atomic mass is 10.4. The van der Waals surface area contributed by atoms with Crippen LogP contribution in [0.5, 0.6) is 0 Å². The lowest BCUT2D eigenvalue weighted by Crippen LogP contribution is -2.32. The van der Waals surface area contributed by atoms with Crippen LogP contribution in [0.3, 0.4) is 0 Å². The summed E-state index contributed by atoms with van der Waals surface area (Å²) in [6.07, 6.45) is 5.11. The van der Waals surface area contributed by atoms with Crippen molar-refractivity contribution >= 4 is 35.2 Å². The Kier molecular flexibility index (Phi) is 5.07. The zero-order valence-electron chi connectivity index (χ0n) is 11.6. The molecule has 0 saturated heterocycles. The Labute approximate surface area is 130 Å². The SMILES string of the molecule is CN(C)/C=N/C(=N\[N+](=O)[O-])N(Cc1cnc(Cl)s1)C1CC1. The fraction of sp³-hybridized carbons (Fsp3) is 0.545. The Morgan fingerprint density at radius 1 is 1.67 bits per heavy atom. The third-order valence-corrected chi connectivity index (χ3v) is 3.77. The third-order valence-electron chi connectivity index (χ3n) is 2.67. The van der Waals surface area contributed by atoms with Gasteiger partial charge in [0, 0.05) is 31.2 Å². The summed E-state index contributed by atoms with van der Waals surface area (Å²) in [5.74, 6) is 0.0979. The highest BCUT2D eigenvalue weighted by Crippen LogP contribution is 2.30. The van der Waals surface area contributed by atoms with E-state index in [2.05, 4.69) is 15.1 Å². The van der Waals surface area contributed by atoms with Crippen molar-refractivity contribution in [3.8, 4) is 0 Å². The molecule has 0 spiro atoms. The van der Waals surface area contributed by atoms with Gasteiger partial charge in [0.15, 0.2) is 9.50 Å². The second kappa shape index (κ2) is 6.81. The summed E-state index contributed by atoms with van der Waals surface area (Å²) in [6, 6.07) is 0.226. The van der Waals surface area contributed by atoms with E-state index < -0.39 is 5.03 Å². The topological polar surface area (TPSA) is 87.2 Å². The Bertz CT molecular complexity index is 569. The monoisotopic (exact) mass is 330 g/mol. The molecule has 0 bridgehead atoms. The first-order chi connectivity index (χ1) is 9.95. The molecule has 0 atom stereocenters. The van der Waals surface area contributed by atoms with Crippen LogP contribution in [0.2, 0.25) is 4.47 Å². The van der Waals surface area contributed by atoms with Gasteiger partial charge < -0.3 is 9.80 Å². The zero-order valence-corrected chi connectivity index (χ0v) is 13.2. The van der Waals surface area contributed by atoms with Crippen LogP contribution >= 0.6 is 22.9 Å². The zero-order chi connectivity index (χ0) is 15.4. The summed E-state index contributed by atoms with van der Waals surface area (Å²) in [5, 5.41) is 13.4. The van der Waals surface area contributed by atoms with Gasteiger partial charge in [-0.3, -0.25) is 0 Å². The van der Waals surface area contributed by atoms with Crippen molar-refractivity contribution in [2.24, 2.45) is 10.1 Å². The number of thiazole rings is 1. The molecule has 0 unspecified atom stereocenters. The number of nitrogens with zero attached hydrogens (tertiary/aromatic N) is 6. The highest BCUT2D eigenvalue weighted by Gasteiger charge is 2.33.